The van der Waals surface area contributed by atoms with Crippen LogP contribution in [0.4, 0.5) is 15.8 Å². The fourth-order valence-corrected chi connectivity index (χ4v) is 2.84. The van der Waals surface area contributed by atoms with E-state index in [4.69, 9.17) is 20.8 Å². The number of anilines is 2. The molecule has 0 spiro atoms. The third-order valence-corrected chi connectivity index (χ3v) is 5.14. The Balaban J connectivity index is 2.14. The lowest BCUT2D eigenvalue weighted by Gasteiger charge is -2.32. The van der Waals surface area contributed by atoms with Crippen LogP contribution in [0.1, 0.15) is 38.8 Å². The molecule has 0 saturated carbocycles. The standard InChI is InChI=1S/C20H24BFN2O2/c1-19(2)20(3,4)26-21(25-19)18(22)17(13-8-6-5-7-9-13)14-10-11-15(23)16(24)12-14/h5-12H,23-24H2,1-4H3. The van der Waals surface area contributed by atoms with Gasteiger partial charge >= 0.3 is 7.12 Å². The number of hydrogen-bond acceptors (Lipinski definition) is 4. The molecule has 0 aromatic heterocycles. The Morgan fingerprint density at radius 2 is 1.42 bits per heavy atom. The zero-order chi connectivity index (χ0) is 19.1. The largest absolute Gasteiger partial charge is 0.525 e. The first-order valence-corrected chi connectivity index (χ1v) is 8.58. The maximum absolute atomic E-state index is 15.6. The lowest BCUT2D eigenvalue weighted by molar-refractivity contribution is 0.00578. The molecule has 0 bridgehead atoms. The molecular weight excluding hydrogens is 330 g/mol. The summed E-state index contributed by atoms with van der Waals surface area (Å²) in [7, 11) is -1.09. The van der Waals surface area contributed by atoms with Crippen molar-refractivity contribution in [3.05, 3.63) is 65.4 Å². The number of halogens is 1. The molecular formula is C20H24BFN2O2. The van der Waals surface area contributed by atoms with E-state index < -0.39 is 24.0 Å². The monoisotopic (exact) mass is 354 g/mol. The highest BCUT2D eigenvalue weighted by Crippen LogP contribution is 2.41. The molecule has 1 saturated heterocycles. The molecule has 0 aliphatic carbocycles. The maximum Gasteiger partial charge on any atom is 0.525 e. The Kier molecular flexibility index (Phi) is 4.59. The van der Waals surface area contributed by atoms with Gasteiger partial charge in [-0.05, 0) is 51.0 Å². The molecule has 26 heavy (non-hydrogen) atoms. The summed E-state index contributed by atoms with van der Waals surface area (Å²) in [6.45, 7) is 7.57. The van der Waals surface area contributed by atoms with Crippen molar-refractivity contribution < 1.29 is 13.7 Å². The molecule has 1 fully saturated rings. The molecule has 0 amide bonds. The zero-order valence-electron chi connectivity index (χ0n) is 15.5. The van der Waals surface area contributed by atoms with Gasteiger partial charge < -0.3 is 20.8 Å². The summed E-state index contributed by atoms with van der Waals surface area (Å²) in [5.74, 6) is 0. The van der Waals surface area contributed by atoms with Gasteiger partial charge in [-0.3, -0.25) is 0 Å². The van der Waals surface area contributed by atoms with Crippen molar-refractivity contribution in [3.63, 3.8) is 0 Å². The quantitative estimate of drug-likeness (QED) is 0.640. The van der Waals surface area contributed by atoms with E-state index in [1.807, 2.05) is 58.0 Å². The van der Waals surface area contributed by atoms with E-state index in [1.54, 1.807) is 18.2 Å². The predicted octanol–water partition coefficient (Wildman–Crippen LogP) is 4.21. The second-order valence-corrected chi connectivity index (χ2v) is 7.52. The van der Waals surface area contributed by atoms with Crippen LogP contribution < -0.4 is 11.5 Å². The SMILES string of the molecule is CC1(C)OB(C(F)=C(c2ccccc2)c2ccc(N)c(N)c2)OC1(C)C. The highest BCUT2D eigenvalue weighted by atomic mass is 19.1. The molecule has 2 aromatic rings. The maximum atomic E-state index is 15.6. The van der Waals surface area contributed by atoms with E-state index in [-0.39, 0.29) is 0 Å². The molecule has 1 aliphatic rings. The minimum atomic E-state index is -1.09. The summed E-state index contributed by atoms with van der Waals surface area (Å²) < 4.78 is 27.4. The number of benzene rings is 2. The molecule has 2 aromatic carbocycles. The first-order valence-electron chi connectivity index (χ1n) is 8.58. The van der Waals surface area contributed by atoms with Gasteiger partial charge in [0.15, 0.2) is 0 Å². The van der Waals surface area contributed by atoms with E-state index in [0.717, 1.165) is 0 Å². The lowest BCUT2D eigenvalue weighted by atomic mass is 9.80. The van der Waals surface area contributed by atoms with Gasteiger partial charge in [-0.15, -0.1) is 0 Å². The second-order valence-electron chi connectivity index (χ2n) is 7.52. The molecule has 4 nitrogen and oxygen atoms in total. The first-order chi connectivity index (χ1) is 12.1. The minimum Gasteiger partial charge on any atom is -0.398 e. The Labute approximate surface area is 154 Å². The summed E-state index contributed by atoms with van der Waals surface area (Å²) in [6.07, 6.45) is 0. The van der Waals surface area contributed by atoms with Gasteiger partial charge in [0.25, 0.3) is 0 Å². The summed E-state index contributed by atoms with van der Waals surface area (Å²) in [4.78, 5) is 0. The number of nitrogen functional groups attached to an aromatic ring is 2. The van der Waals surface area contributed by atoms with Crippen molar-refractivity contribution in [2.45, 2.75) is 38.9 Å². The van der Waals surface area contributed by atoms with Crippen molar-refractivity contribution in [3.8, 4) is 0 Å². The highest BCUT2D eigenvalue weighted by Gasteiger charge is 2.53. The molecule has 0 atom stereocenters. The van der Waals surface area contributed by atoms with Crippen LogP contribution in [0.25, 0.3) is 5.57 Å². The Morgan fingerprint density at radius 3 is 1.96 bits per heavy atom. The van der Waals surface area contributed by atoms with Crippen molar-refractivity contribution in [2.75, 3.05) is 11.5 Å². The summed E-state index contributed by atoms with van der Waals surface area (Å²) >= 11 is 0. The molecule has 4 N–H and O–H groups in total. The normalized spacial score (nSPS) is 19.3. The van der Waals surface area contributed by atoms with Crippen LogP contribution in [0.2, 0.25) is 0 Å². The molecule has 1 aliphatic heterocycles. The van der Waals surface area contributed by atoms with Crippen LogP contribution in [-0.4, -0.2) is 18.3 Å². The van der Waals surface area contributed by atoms with Crippen LogP contribution in [0.15, 0.2) is 54.3 Å². The van der Waals surface area contributed by atoms with Crippen LogP contribution in [-0.2, 0) is 9.31 Å². The third kappa shape index (κ3) is 3.22. The van der Waals surface area contributed by atoms with Crippen LogP contribution in [0, 0.1) is 0 Å². The smallest absolute Gasteiger partial charge is 0.398 e. The van der Waals surface area contributed by atoms with Crippen molar-refractivity contribution in [1.29, 1.82) is 0 Å². The van der Waals surface area contributed by atoms with E-state index in [9.17, 15) is 0 Å². The van der Waals surface area contributed by atoms with Crippen molar-refractivity contribution >= 4 is 24.1 Å². The van der Waals surface area contributed by atoms with E-state index in [1.165, 1.54) is 0 Å². The van der Waals surface area contributed by atoms with Crippen LogP contribution in [0.3, 0.4) is 0 Å². The van der Waals surface area contributed by atoms with Crippen molar-refractivity contribution in [2.24, 2.45) is 0 Å². The average molecular weight is 354 g/mol. The molecule has 6 heteroatoms. The van der Waals surface area contributed by atoms with Gasteiger partial charge in [-0.2, -0.15) is 0 Å². The van der Waals surface area contributed by atoms with E-state index in [2.05, 4.69) is 0 Å². The van der Waals surface area contributed by atoms with Crippen LogP contribution in [0.5, 0.6) is 0 Å². The Hall–Kier alpha value is -2.31. The van der Waals surface area contributed by atoms with Gasteiger partial charge in [0.05, 0.1) is 22.6 Å². The number of hydrogen-bond donors (Lipinski definition) is 2. The number of nitrogens with two attached hydrogens (primary N) is 2. The fraction of sp³-hybridized carbons (Fsp3) is 0.300. The van der Waals surface area contributed by atoms with Gasteiger partial charge in [0, 0.05) is 5.57 Å². The van der Waals surface area contributed by atoms with Crippen molar-refractivity contribution in [1.82, 2.24) is 0 Å². The van der Waals surface area contributed by atoms with Gasteiger partial charge in [-0.1, -0.05) is 36.4 Å². The zero-order valence-corrected chi connectivity index (χ0v) is 15.5. The fourth-order valence-electron chi connectivity index (χ4n) is 2.84. The lowest BCUT2D eigenvalue weighted by Crippen LogP contribution is -2.41. The summed E-state index contributed by atoms with van der Waals surface area (Å²) in [6, 6.07) is 14.4. The molecule has 0 unspecified atom stereocenters. The summed E-state index contributed by atoms with van der Waals surface area (Å²) in [5, 5.41) is 0. The van der Waals surface area contributed by atoms with E-state index >= 15 is 4.39 Å². The number of rotatable bonds is 3. The molecule has 3 rings (SSSR count). The Morgan fingerprint density at radius 1 is 0.846 bits per heavy atom. The van der Waals surface area contributed by atoms with Crippen LogP contribution >= 0.6 is 0 Å². The van der Waals surface area contributed by atoms with Gasteiger partial charge in [-0.25, -0.2) is 4.39 Å². The van der Waals surface area contributed by atoms with Gasteiger partial charge in [0.1, 0.15) is 5.73 Å². The third-order valence-electron chi connectivity index (χ3n) is 5.14. The van der Waals surface area contributed by atoms with Gasteiger partial charge in [0.2, 0.25) is 0 Å². The molecule has 136 valence electrons. The minimum absolute atomic E-state index is 0.385. The second kappa shape index (κ2) is 6.45. The summed E-state index contributed by atoms with van der Waals surface area (Å²) in [5.41, 5.74) is 12.6. The van der Waals surface area contributed by atoms with E-state index in [0.29, 0.717) is 28.1 Å². The molecule has 1 heterocycles. The topological polar surface area (TPSA) is 70.5 Å². The molecule has 0 radical (unpaired) electrons. The Bertz CT molecular complexity index is 834. The highest BCUT2D eigenvalue weighted by molar-refractivity contribution is 6.55. The first kappa shape index (κ1) is 18.5. The predicted molar refractivity (Wildman–Crippen MR) is 105 cm³/mol. The average Bonchev–Trinajstić information content (AvgIpc) is 2.80.